The molecule has 1 saturated carbocycles. The number of benzene rings is 2. The van der Waals surface area contributed by atoms with Gasteiger partial charge in [-0.15, -0.1) is 0 Å². The van der Waals surface area contributed by atoms with Crippen molar-refractivity contribution in [2.45, 2.75) is 37.6 Å². The second-order valence-corrected chi connectivity index (χ2v) is 8.45. The molecule has 1 aromatic heterocycles. The number of furan rings is 1. The van der Waals surface area contributed by atoms with Gasteiger partial charge in [-0.2, -0.15) is 0 Å². The van der Waals surface area contributed by atoms with Gasteiger partial charge in [0.2, 0.25) is 0 Å². The number of carbonyl (C=O) groups excluding carboxylic acids is 1. The molecule has 2 aliphatic heterocycles. The summed E-state index contributed by atoms with van der Waals surface area (Å²) in [6, 6.07) is 13.9. The minimum Gasteiger partial charge on any atom is -0.486 e. The number of para-hydroxylation sites is 1. The van der Waals surface area contributed by atoms with E-state index in [1.54, 1.807) is 0 Å². The predicted molar refractivity (Wildman–Crippen MR) is 109 cm³/mol. The van der Waals surface area contributed by atoms with E-state index in [0.717, 1.165) is 41.9 Å². The van der Waals surface area contributed by atoms with Gasteiger partial charge >= 0.3 is 0 Å². The maximum atomic E-state index is 13.4. The molecule has 29 heavy (non-hydrogen) atoms. The summed E-state index contributed by atoms with van der Waals surface area (Å²) in [5, 5.41) is 0.962. The summed E-state index contributed by atoms with van der Waals surface area (Å²) < 4.78 is 17.5. The van der Waals surface area contributed by atoms with Gasteiger partial charge in [-0.25, -0.2) is 0 Å². The molecule has 6 rings (SSSR count). The fourth-order valence-corrected chi connectivity index (χ4v) is 5.33. The topological polar surface area (TPSA) is 51.9 Å². The number of hydrogen-bond acceptors (Lipinski definition) is 4. The van der Waals surface area contributed by atoms with Crippen molar-refractivity contribution in [3.63, 3.8) is 0 Å². The van der Waals surface area contributed by atoms with Crippen LogP contribution in [0.15, 0.2) is 46.9 Å². The van der Waals surface area contributed by atoms with Gasteiger partial charge in [0, 0.05) is 23.9 Å². The quantitative estimate of drug-likeness (QED) is 0.607. The van der Waals surface area contributed by atoms with E-state index in [2.05, 4.69) is 12.1 Å². The normalized spacial score (nSPS) is 19.5. The zero-order valence-electron chi connectivity index (χ0n) is 16.3. The van der Waals surface area contributed by atoms with Crippen molar-refractivity contribution in [3.05, 3.63) is 59.4 Å². The molecule has 1 spiro atoms. The first kappa shape index (κ1) is 17.0. The van der Waals surface area contributed by atoms with Crippen molar-refractivity contribution in [1.82, 2.24) is 4.90 Å². The standard InChI is InChI=1S/C24H23NO4/c26-23(22-11-16-5-1-2-6-19(16)29-22)25-14-17-12-20-21(28-10-9-27-20)13-18(17)24(15-25)7-3-4-8-24/h1-2,5-6,11-13H,3-4,7-10,14-15H2. The Bertz CT molecular complexity index is 1080. The van der Waals surface area contributed by atoms with Crippen LogP contribution in [0.5, 0.6) is 11.5 Å². The lowest BCUT2D eigenvalue weighted by molar-refractivity contribution is 0.0639. The molecule has 0 unspecified atom stereocenters. The summed E-state index contributed by atoms with van der Waals surface area (Å²) >= 11 is 0. The molecule has 0 radical (unpaired) electrons. The van der Waals surface area contributed by atoms with Gasteiger partial charge in [-0.1, -0.05) is 31.0 Å². The first-order valence-corrected chi connectivity index (χ1v) is 10.4. The fourth-order valence-electron chi connectivity index (χ4n) is 5.33. The van der Waals surface area contributed by atoms with Crippen LogP contribution in [0.4, 0.5) is 0 Å². The Labute approximate surface area is 169 Å². The highest BCUT2D eigenvalue weighted by Gasteiger charge is 2.44. The van der Waals surface area contributed by atoms with E-state index < -0.39 is 0 Å². The van der Waals surface area contributed by atoms with Gasteiger partial charge in [0.1, 0.15) is 18.8 Å². The van der Waals surface area contributed by atoms with Crippen molar-refractivity contribution >= 4 is 16.9 Å². The van der Waals surface area contributed by atoms with E-state index in [-0.39, 0.29) is 11.3 Å². The van der Waals surface area contributed by atoms with Crippen molar-refractivity contribution in [3.8, 4) is 11.5 Å². The molecule has 0 saturated heterocycles. The highest BCUT2D eigenvalue weighted by Crippen LogP contribution is 2.49. The van der Waals surface area contributed by atoms with Gasteiger partial charge in [-0.05, 0) is 48.2 Å². The molecular formula is C24H23NO4. The van der Waals surface area contributed by atoms with E-state index in [1.165, 1.54) is 24.0 Å². The lowest BCUT2D eigenvalue weighted by atomic mass is 9.73. The van der Waals surface area contributed by atoms with Crippen LogP contribution in [0.2, 0.25) is 0 Å². The third kappa shape index (κ3) is 2.64. The van der Waals surface area contributed by atoms with Crippen molar-refractivity contribution in [1.29, 1.82) is 0 Å². The highest BCUT2D eigenvalue weighted by atomic mass is 16.6. The lowest BCUT2D eigenvalue weighted by Gasteiger charge is -2.42. The molecule has 148 valence electrons. The van der Waals surface area contributed by atoms with Crippen molar-refractivity contribution in [2.24, 2.45) is 0 Å². The SMILES string of the molecule is O=C(c1cc2ccccc2o1)N1Cc2cc3c(cc2C2(CCCC2)C1)OCCO3. The van der Waals surface area contributed by atoms with Gasteiger partial charge < -0.3 is 18.8 Å². The zero-order chi connectivity index (χ0) is 19.4. The van der Waals surface area contributed by atoms with E-state index in [1.807, 2.05) is 35.2 Å². The molecule has 0 N–H and O–H groups in total. The number of carbonyl (C=O) groups is 1. The van der Waals surface area contributed by atoms with Crippen LogP contribution in [-0.4, -0.2) is 30.6 Å². The molecular weight excluding hydrogens is 366 g/mol. The number of nitrogens with zero attached hydrogens (tertiary/aromatic N) is 1. The Balaban J connectivity index is 1.40. The van der Waals surface area contributed by atoms with Gasteiger partial charge in [0.25, 0.3) is 5.91 Å². The lowest BCUT2D eigenvalue weighted by Crippen LogP contribution is -2.46. The number of ether oxygens (including phenoxy) is 2. The molecule has 3 aromatic rings. The van der Waals surface area contributed by atoms with Crippen LogP contribution in [0.25, 0.3) is 11.0 Å². The van der Waals surface area contributed by atoms with Crippen molar-refractivity contribution < 1.29 is 18.7 Å². The number of hydrogen-bond donors (Lipinski definition) is 0. The van der Waals surface area contributed by atoms with Gasteiger partial charge in [0.15, 0.2) is 17.3 Å². The smallest absolute Gasteiger partial charge is 0.289 e. The zero-order valence-corrected chi connectivity index (χ0v) is 16.3. The van der Waals surface area contributed by atoms with Crippen molar-refractivity contribution in [2.75, 3.05) is 19.8 Å². The molecule has 3 aliphatic rings. The Morgan fingerprint density at radius 1 is 0.966 bits per heavy atom. The summed E-state index contributed by atoms with van der Waals surface area (Å²) in [4.78, 5) is 15.3. The molecule has 3 heterocycles. The average molecular weight is 389 g/mol. The van der Waals surface area contributed by atoms with Crippen LogP contribution in [0, 0.1) is 0 Å². The van der Waals surface area contributed by atoms with E-state index in [4.69, 9.17) is 13.9 Å². The first-order valence-electron chi connectivity index (χ1n) is 10.4. The molecule has 2 aromatic carbocycles. The van der Waals surface area contributed by atoms with E-state index in [0.29, 0.717) is 25.5 Å². The minimum atomic E-state index is -0.0342. The summed E-state index contributed by atoms with van der Waals surface area (Å²) in [7, 11) is 0. The molecule has 1 aliphatic carbocycles. The minimum absolute atomic E-state index is 0.00506. The number of fused-ring (bicyclic) bond motifs is 4. The Morgan fingerprint density at radius 2 is 1.72 bits per heavy atom. The molecule has 0 bridgehead atoms. The second kappa shape index (κ2) is 6.28. The second-order valence-electron chi connectivity index (χ2n) is 8.45. The Hall–Kier alpha value is -2.95. The largest absolute Gasteiger partial charge is 0.486 e. The third-order valence-electron chi connectivity index (χ3n) is 6.68. The maximum absolute atomic E-state index is 13.4. The van der Waals surface area contributed by atoms with Gasteiger partial charge in [-0.3, -0.25) is 4.79 Å². The fraction of sp³-hybridized carbons (Fsp3) is 0.375. The molecule has 5 nitrogen and oxygen atoms in total. The summed E-state index contributed by atoms with van der Waals surface area (Å²) in [6.07, 6.45) is 4.59. The average Bonchev–Trinajstić information content (AvgIpc) is 3.39. The third-order valence-corrected chi connectivity index (χ3v) is 6.68. The molecule has 0 atom stereocenters. The summed E-state index contributed by atoms with van der Waals surface area (Å²) in [5.41, 5.74) is 3.27. The summed E-state index contributed by atoms with van der Waals surface area (Å²) in [5.74, 6) is 2.02. The molecule has 1 amide bonds. The van der Waals surface area contributed by atoms with Crippen LogP contribution in [0.1, 0.15) is 47.4 Å². The van der Waals surface area contributed by atoms with Gasteiger partial charge in [0.05, 0.1) is 0 Å². The summed E-state index contributed by atoms with van der Waals surface area (Å²) in [6.45, 7) is 2.47. The molecule has 5 heteroatoms. The Kier molecular flexibility index (Phi) is 3.67. The first-order chi connectivity index (χ1) is 14.2. The molecule has 1 fully saturated rings. The van der Waals surface area contributed by atoms with E-state index in [9.17, 15) is 4.79 Å². The van der Waals surface area contributed by atoms with Crippen LogP contribution < -0.4 is 9.47 Å². The number of rotatable bonds is 1. The highest BCUT2D eigenvalue weighted by molar-refractivity contribution is 5.96. The predicted octanol–water partition coefficient (Wildman–Crippen LogP) is 4.67. The number of amides is 1. The van der Waals surface area contributed by atoms with Crippen LogP contribution in [0.3, 0.4) is 0 Å². The van der Waals surface area contributed by atoms with Crippen LogP contribution >= 0.6 is 0 Å². The Morgan fingerprint density at radius 3 is 2.52 bits per heavy atom. The van der Waals surface area contributed by atoms with E-state index >= 15 is 0 Å². The monoisotopic (exact) mass is 389 g/mol. The van der Waals surface area contributed by atoms with Crippen LogP contribution in [-0.2, 0) is 12.0 Å². The maximum Gasteiger partial charge on any atom is 0.289 e.